The van der Waals surface area contributed by atoms with Gasteiger partial charge in [-0.15, -0.1) is 0 Å². The molecule has 0 spiro atoms. The van der Waals surface area contributed by atoms with E-state index >= 15 is 0 Å². The predicted molar refractivity (Wildman–Crippen MR) is 56.6 cm³/mol. The second-order valence-corrected chi connectivity index (χ2v) is 3.22. The zero-order valence-electron chi connectivity index (χ0n) is 8.47. The van der Waals surface area contributed by atoms with Crippen molar-refractivity contribution >= 4 is 11.6 Å². The van der Waals surface area contributed by atoms with Crippen LogP contribution in [0.25, 0.3) is 0 Å². The number of likely N-dealkylation sites (N-methyl/N-ethyl adjacent to an activating group) is 1. The van der Waals surface area contributed by atoms with Gasteiger partial charge in [0.1, 0.15) is 5.75 Å². The summed E-state index contributed by atoms with van der Waals surface area (Å²) in [5, 5.41) is 18.0. The fourth-order valence-electron chi connectivity index (χ4n) is 1.15. The number of hydrogen-bond donors (Lipinski definition) is 3. The van der Waals surface area contributed by atoms with Crippen LogP contribution < -0.4 is 5.73 Å². The van der Waals surface area contributed by atoms with Crippen LogP contribution in [0.5, 0.6) is 5.75 Å². The molecule has 1 aromatic carbocycles. The van der Waals surface area contributed by atoms with Crippen molar-refractivity contribution in [2.24, 2.45) is 0 Å². The molecule has 0 aromatic heterocycles. The molecule has 0 unspecified atom stereocenters. The van der Waals surface area contributed by atoms with Gasteiger partial charge in [-0.2, -0.15) is 0 Å². The van der Waals surface area contributed by atoms with Crippen LogP contribution in [-0.2, 0) is 0 Å². The molecule has 0 aliphatic heterocycles. The molecule has 0 saturated heterocycles. The molecular weight excluding hydrogens is 196 g/mol. The van der Waals surface area contributed by atoms with E-state index in [0.717, 1.165) is 0 Å². The van der Waals surface area contributed by atoms with Crippen LogP contribution in [0.1, 0.15) is 10.4 Å². The van der Waals surface area contributed by atoms with Crippen LogP contribution in [0.3, 0.4) is 0 Å². The predicted octanol–water partition coefficient (Wildman–Crippen LogP) is 0.0387. The Bertz CT molecular complexity index is 366. The second kappa shape index (κ2) is 4.65. The molecule has 0 radical (unpaired) electrons. The summed E-state index contributed by atoms with van der Waals surface area (Å²) < 4.78 is 0. The molecule has 0 fully saturated rings. The quantitative estimate of drug-likeness (QED) is 0.485. The van der Waals surface area contributed by atoms with Crippen LogP contribution in [0.2, 0.25) is 0 Å². The number of nitrogens with zero attached hydrogens (tertiary/aromatic N) is 1. The topological polar surface area (TPSA) is 86.8 Å². The van der Waals surface area contributed by atoms with Gasteiger partial charge >= 0.3 is 0 Å². The van der Waals surface area contributed by atoms with Gasteiger partial charge in [-0.3, -0.25) is 4.79 Å². The Morgan fingerprint density at radius 3 is 2.73 bits per heavy atom. The number of anilines is 1. The number of aliphatic hydroxyl groups is 1. The van der Waals surface area contributed by atoms with Crippen molar-refractivity contribution in [2.45, 2.75) is 0 Å². The third-order valence-electron chi connectivity index (χ3n) is 2.06. The van der Waals surface area contributed by atoms with Gasteiger partial charge in [0.2, 0.25) is 0 Å². The van der Waals surface area contributed by atoms with E-state index in [9.17, 15) is 9.90 Å². The van der Waals surface area contributed by atoms with Crippen molar-refractivity contribution in [3.63, 3.8) is 0 Å². The molecule has 1 amide bonds. The number of phenolic OH excluding ortho intramolecular Hbond substituents is 1. The average Bonchev–Trinajstić information content (AvgIpc) is 2.21. The molecule has 5 heteroatoms. The molecule has 0 aliphatic rings. The van der Waals surface area contributed by atoms with Gasteiger partial charge in [-0.1, -0.05) is 0 Å². The van der Waals surface area contributed by atoms with E-state index in [4.69, 9.17) is 10.8 Å². The molecule has 0 bridgehead atoms. The molecule has 15 heavy (non-hydrogen) atoms. The third kappa shape index (κ3) is 2.60. The Hall–Kier alpha value is -1.75. The summed E-state index contributed by atoms with van der Waals surface area (Å²) in [6.07, 6.45) is 0. The molecule has 1 aromatic rings. The second-order valence-electron chi connectivity index (χ2n) is 3.22. The lowest BCUT2D eigenvalue weighted by atomic mass is 10.1. The van der Waals surface area contributed by atoms with Crippen molar-refractivity contribution in [3.8, 4) is 5.75 Å². The fraction of sp³-hybridized carbons (Fsp3) is 0.300. The van der Waals surface area contributed by atoms with Crippen LogP contribution >= 0.6 is 0 Å². The summed E-state index contributed by atoms with van der Waals surface area (Å²) >= 11 is 0. The number of aliphatic hydroxyl groups excluding tert-OH is 1. The number of carbonyl (C=O) groups excluding carboxylic acids is 1. The highest BCUT2D eigenvalue weighted by molar-refractivity contribution is 5.95. The molecule has 1 rings (SSSR count). The number of phenols is 1. The van der Waals surface area contributed by atoms with Gasteiger partial charge in [0, 0.05) is 19.2 Å². The molecule has 0 heterocycles. The van der Waals surface area contributed by atoms with Crippen molar-refractivity contribution < 1.29 is 15.0 Å². The maximum atomic E-state index is 11.7. The summed E-state index contributed by atoms with van der Waals surface area (Å²) in [5.74, 6) is -0.377. The smallest absolute Gasteiger partial charge is 0.253 e. The summed E-state index contributed by atoms with van der Waals surface area (Å²) in [5.41, 5.74) is 5.99. The molecule has 0 atom stereocenters. The number of benzene rings is 1. The van der Waals surface area contributed by atoms with Crippen LogP contribution in [0.15, 0.2) is 18.2 Å². The standard InChI is InChI=1S/C10H14N2O3/c1-12(4-5-13)10(15)7-2-3-8(11)9(14)6-7/h2-3,6,13-14H,4-5,11H2,1H3. The lowest BCUT2D eigenvalue weighted by Crippen LogP contribution is -2.29. The fourth-order valence-corrected chi connectivity index (χ4v) is 1.15. The van der Waals surface area contributed by atoms with E-state index in [1.54, 1.807) is 7.05 Å². The number of rotatable bonds is 3. The van der Waals surface area contributed by atoms with Gasteiger partial charge < -0.3 is 20.8 Å². The first kappa shape index (κ1) is 11.3. The third-order valence-corrected chi connectivity index (χ3v) is 2.06. The number of carbonyl (C=O) groups is 1. The molecular formula is C10H14N2O3. The number of amides is 1. The first-order valence-electron chi connectivity index (χ1n) is 4.51. The van der Waals surface area contributed by atoms with Crippen molar-refractivity contribution in [3.05, 3.63) is 23.8 Å². The summed E-state index contributed by atoms with van der Waals surface area (Å²) in [4.78, 5) is 13.0. The van der Waals surface area contributed by atoms with E-state index in [0.29, 0.717) is 5.56 Å². The van der Waals surface area contributed by atoms with Gasteiger partial charge in [0.25, 0.3) is 5.91 Å². The van der Waals surface area contributed by atoms with Crippen molar-refractivity contribution in [1.29, 1.82) is 0 Å². The normalized spacial score (nSPS) is 10.0. The van der Waals surface area contributed by atoms with Crippen LogP contribution in [-0.4, -0.2) is 41.2 Å². The molecule has 4 N–H and O–H groups in total. The highest BCUT2D eigenvalue weighted by Crippen LogP contribution is 2.21. The Morgan fingerprint density at radius 2 is 2.20 bits per heavy atom. The largest absolute Gasteiger partial charge is 0.506 e. The summed E-state index contributed by atoms with van der Waals surface area (Å²) in [6.45, 7) is 0.160. The number of aromatic hydroxyl groups is 1. The summed E-state index contributed by atoms with van der Waals surface area (Å²) in [6, 6.07) is 4.31. The lowest BCUT2D eigenvalue weighted by Gasteiger charge is -2.15. The Balaban J connectivity index is 2.87. The molecule has 0 saturated carbocycles. The minimum absolute atomic E-state index is 0.0941. The van der Waals surface area contributed by atoms with Gasteiger partial charge in [-0.05, 0) is 18.2 Å². The van der Waals surface area contributed by atoms with E-state index < -0.39 is 0 Å². The SMILES string of the molecule is CN(CCO)C(=O)c1ccc(N)c(O)c1. The van der Waals surface area contributed by atoms with Crippen molar-refractivity contribution in [1.82, 2.24) is 4.90 Å². The lowest BCUT2D eigenvalue weighted by molar-refractivity contribution is 0.0766. The first-order valence-corrected chi connectivity index (χ1v) is 4.51. The maximum absolute atomic E-state index is 11.7. The van der Waals surface area contributed by atoms with Crippen LogP contribution in [0.4, 0.5) is 5.69 Å². The summed E-state index contributed by atoms with van der Waals surface area (Å²) in [7, 11) is 1.58. The minimum atomic E-state index is -0.264. The monoisotopic (exact) mass is 210 g/mol. The molecule has 5 nitrogen and oxygen atoms in total. The minimum Gasteiger partial charge on any atom is -0.506 e. The van der Waals surface area contributed by atoms with Gasteiger partial charge in [-0.25, -0.2) is 0 Å². The molecule has 0 aliphatic carbocycles. The van der Waals surface area contributed by atoms with Crippen LogP contribution in [0, 0.1) is 0 Å². The van der Waals surface area contributed by atoms with Gasteiger partial charge in [0.15, 0.2) is 0 Å². The first-order chi connectivity index (χ1) is 7.06. The maximum Gasteiger partial charge on any atom is 0.253 e. The Morgan fingerprint density at radius 1 is 1.53 bits per heavy atom. The highest BCUT2D eigenvalue weighted by atomic mass is 16.3. The van der Waals surface area contributed by atoms with E-state index in [1.807, 2.05) is 0 Å². The van der Waals surface area contributed by atoms with E-state index in [2.05, 4.69) is 0 Å². The Labute approximate surface area is 87.7 Å². The number of hydrogen-bond acceptors (Lipinski definition) is 4. The zero-order chi connectivity index (χ0) is 11.4. The highest BCUT2D eigenvalue weighted by Gasteiger charge is 2.12. The van der Waals surface area contributed by atoms with E-state index in [1.165, 1.54) is 23.1 Å². The zero-order valence-corrected chi connectivity index (χ0v) is 8.47. The van der Waals surface area contributed by atoms with Crippen molar-refractivity contribution in [2.75, 3.05) is 25.9 Å². The van der Waals surface area contributed by atoms with Gasteiger partial charge in [0.05, 0.1) is 12.3 Å². The number of nitrogens with two attached hydrogens (primary N) is 1. The Kier molecular flexibility index (Phi) is 3.51. The van der Waals surface area contributed by atoms with E-state index in [-0.39, 0.29) is 30.5 Å². The number of nitrogen functional groups attached to an aromatic ring is 1. The molecule has 82 valence electrons. The average molecular weight is 210 g/mol.